The summed E-state index contributed by atoms with van der Waals surface area (Å²) in [6, 6.07) is 14.4. The van der Waals surface area contributed by atoms with Crippen molar-refractivity contribution in [1.82, 2.24) is 9.99 Å². The van der Waals surface area contributed by atoms with Crippen LogP contribution in [0.2, 0.25) is 0 Å². The molecule has 1 atom stereocenters. The summed E-state index contributed by atoms with van der Waals surface area (Å²) in [5.41, 5.74) is 3.83. The predicted octanol–water partition coefficient (Wildman–Crippen LogP) is 5.04. The molecular formula is C27H21F3N4O2. The molecule has 1 N–H and O–H groups in total. The summed E-state index contributed by atoms with van der Waals surface area (Å²) in [4.78, 5) is 21.8. The van der Waals surface area contributed by atoms with Crippen LogP contribution >= 0.6 is 0 Å². The number of carbonyl (C=O) groups excluding carboxylic acids is 1. The second-order valence-corrected chi connectivity index (χ2v) is 8.56. The van der Waals surface area contributed by atoms with Crippen LogP contribution < -0.4 is 0 Å². The number of phenolic OH excluding ortho intramolecular Hbond substituents is 1. The number of aromatic hydroxyl groups is 1. The monoisotopic (exact) mass is 490 g/mol. The summed E-state index contributed by atoms with van der Waals surface area (Å²) in [7, 11) is 0. The lowest BCUT2D eigenvalue weighted by atomic mass is 9.88. The Kier molecular flexibility index (Phi) is 6.13. The number of hydrazone groups is 1. The maximum atomic E-state index is 13.1. The van der Waals surface area contributed by atoms with Gasteiger partial charge in [-0.05, 0) is 65.4 Å². The van der Waals surface area contributed by atoms with Crippen molar-refractivity contribution in [3.63, 3.8) is 0 Å². The van der Waals surface area contributed by atoms with Crippen LogP contribution in [0.1, 0.15) is 28.7 Å². The lowest BCUT2D eigenvalue weighted by molar-refractivity contribution is -0.137. The molecule has 0 bridgehead atoms. The number of halogens is 3. The van der Waals surface area contributed by atoms with E-state index in [9.17, 15) is 23.1 Å². The van der Waals surface area contributed by atoms with Crippen molar-refractivity contribution in [1.29, 1.82) is 0 Å². The quantitative estimate of drug-likeness (QED) is 0.526. The SMILES string of the molecule is O=C1[C@H]2N=CC(c3ccc(O)cc3)=C(CCc3cccnc3)C2=NN1Cc1ccc(C(F)(F)F)cc1. The van der Waals surface area contributed by atoms with Crippen molar-refractivity contribution >= 4 is 23.4 Å². The van der Waals surface area contributed by atoms with Gasteiger partial charge in [0, 0.05) is 24.2 Å². The van der Waals surface area contributed by atoms with Crippen LogP contribution in [-0.4, -0.2) is 39.0 Å². The lowest BCUT2D eigenvalue weighted by Crippen LogP contribution is -2.33. The number of amides is 1. The minimum atomic E-state index is -4.43. The van der Waals surface area contributed by atoms with E-state index in [1.807, 2.05) is 12.1 Å². The Labute approximate surface area is 205 Å². The van der Waals surface area contributed by atoms with Gasteiger partial charge in [-0.3, -0.25) is 14.8 Å². The van der Waals surface area contributed by atoms with Gasteiger partial charge in [0.05, 0.1) is 17.8 Å². The second-order valence-electron chi connectivity index (χ2n) is 8.56. The predicted molar refractivity (Wildman–Crippen MR) is 129 cm³/mol. The molecule has 2 aliphatic rings. The average molecular weight is 490 g/mol. The number of phenols is 1. The third-order valence-electron chi connectivity index (χ3n) is 6.14. The maximum Gasteiger partial charge on any atom is 0.416 e. The zero-order chi connectivity index (χ0) is 25.3. The molecule has 9 heteroatoms. The van der Waals surface area contributed by atoms with Gasteiger partial charge < -0.3 is 5.11 Å². The topological polar surface area (TPSA) is 78.1 Å². The summed E-state index contributed by atoms with van der Waals surface area (Å²) in [6.07, 6.45) is 1.96. The van der Waals surface area contributed by atoms with E-state index in [2.05, 4.69) is 15.1 Å². The molecule has 1 aromatic heterocycles. The smallest absolute Gasteiger partial charge is 0.416 e. The molecule has 36 heavy (non-hydrogen) atoms. The number of aryl methyl sites for hydroxylation is 1. The molecule has 6 nitrogen and oxygen atoms in total. The zero-order valence-electron chi connectivity index (χ0n) is 19.0. The van der Waals surface area contributed by atoms with Crippen molar-refractivity contribution < 1.29 is 23.1 Å². The van der Waals surface area contributed by atoms with Gasteiger partial charge in [0.1, 0.15) is 5.75 Å². The maximum absolute atomic E-state index is 13.1. The highest BCUT2D eigenvalue weighted by Crippen LogP contribution is 2.33. The number of rotatable bonds is 6. The van der Waals surface area contributed by atoms with Crippen molar-refractivity contribution in [3.05, 3.63) is 101 Å². The number of hydrogen-bond donors (Lipinski definition) is 1. The molecule has 0 aliphatic carbocycles. The number of aromatic nitrogens is 1. The first kappa shape index (κ1) is 23.5. The molecule has 2 aromatic carbocycles. The summed E-state index contributed by atoms with van der Waals surface area (Å²) in [5, 5.41) is 15.6. The lowest BCUT2D eigenvalue weighted by Gasteiger charge is -2.19. The van der Waals surface area contributed by atoms with E-state index < -0.39 is 17.8 Å². The Morgan fingerprint density at radius 3 is 2.36 bits per heavy atom. The van der Waals surface area contributed by atoms with Crippen molar-refractivity contribution in [2.45, 2.75) is 31.6 Å². The Bertz CT molecular complexity index is 1360. The van der Waals surface area contributed by atoms with Crippen LogP contribution in [0.5, 0.6) is 5.75 Å². The molecular weight excluding hydrogens is 469 g/mol. The summed E-state index contributed by atoms with van der Waals surface area (Å²) in [6.45, 7) is 0.0386. The molecule has 182 valence electrons. The highest BCUT2D eigenvalue weighted by atomic mass is 19.4. The van der Waals surface area contributed by atoms with Crippen LogP contribution in [0.4, 0.5) is 13.2 Å². The van der Waals surface area contributed by atoms with E-state index in [0.29, 0.717) is 24.1 Å². The minimum Gasteiger partial charge on any atom is -0.508 e. The minimum absolute atomic E-state index is 0.0386. The summed E-state index contributed by atoms with van der Waals surface area (Å²) >= 11 is 0. The Morgan fingerprint density at radius 1 is 0.944 bits per heavy atom. The molecule has 0 spiro atoms. The number of hydrogen-bond acceptors (Lipinski definition) is 5. The van der Waals surface area contributed by atoms with Crippen LogP contribution in [0.15, 0.2) is 88.7 Å². The van der Waals surface area contributed by atoms with Crippen LogP contribution in [-0.2, 0) is 23.9 Å². The van der Waals surface area contributed by atoms with E-state index in [4.69, 9.17) is 0 Å². The molecule has 2 aliphatic heterocycles. The van der Waals surface area contributed by atoms with Gasteiger partial charge in [0.15, 0.2) is 6.04 Å². The van der Waals surface area contributed by atoms with Gasteiger partial charge in [-0.1, -0.05) is 30.3 Å². The number of benzene rings is 2. The normalized spacial score (nSPS) is 17.4. The summed E-state index contributed by atoms with van der Waals surface area (Å²) in [5.74, 6) is -0.192. The fourth-order valence-electron chi connectivity index (χ4n) is 4.27. The molecule has 3 heterocycles. The van der Waals surface area contributed by atoms with Gasteiger partial charge >= 0.3 is 6.18 Å². The van der Waals surface area contributed by atoms with Crippen molar-refractivity contribution in [2.75, 3.05) is 0 Å². The van der Waals surface area contributed by atoms with E-state index in [1.165, 1.54) is 17.1 Å². The second kappa shape index (κ2) is 9.41. The first-order chi connectivity index (χ1) is 17.3. The molecule has 3 aromatic rings. The first-order valence-corrected chi connectivity index (χ1v) is 11.3. The average Bonchev–Trinajstić information content (AvgIpc) is 3.19. The number of fused-ring (bicyclic) bond motifs is 1. The molecule has 0 saturated heterocycles. The highest BCUT2D eigenvalue weighted by Gasteiger charge is 2.40. The number of aliphatic imine (C=N–C) groups is 1. The summed E-state index contributed by atoms with van der Waals surface area (Å²) < 4.78 is 38.7. The Balaban J connectivity index is 1.47. The van der Waals surface area contributed by atoms with E-state index >= 15 is 0 Å². The highest BCUT2D eigenvalue weighted by molar-refractivity contribution is 6.31. The first-order valence-electron chi connectivity index (χ1n) is 11.3. The molecule has 0 radical (unpaired) electrons. The van der Waals surface area contributed by atoms with E-state index in [1.54, 1.807) is 42.9 Å². The number of carbonyl (C=O) groups is 1. The van der Waals surface area contributed by atoms with Gasteiger partial charge in [0.2, 0.25) is 0 Å². The van der Waals surface area contributed by atoms with Crippen LogP contribution in [0.25, 0.3) is 5.57 Å². The Morgan fingerprint density at radius 2 is 1.69 bits per heavy atom. The third kappa shape index (κ3) is 4.77. The van der Waals surface area contributed by atoms with Crippen molar-refractivity contribution in [3.8, 4) is 5.75 Å². The fourth-order valence-corrected chi connectivity index (χ4v) is 4.27. The standard InChI is InChI=1S/C27H21F3N4O2/c28-27(29,30)20-8-3-18(4-9-20)16-34-26(36)25-24(33-34)22(12-5-17-2-1-13-31-14-17)23(15-32-25)19-6-10-21(35)11-7-19/h1-4,6-11,13-15,25,35H,5,12,16H2/t25-/m0/s1. The number of alkyl halides is 3. The zero-order valence-corrected chi connectivity index (χ0v) is 19.0. The fraction of sp³-hybridized carbons (Fsp3) is 0.185. The Hall–Kier alpha value is -4.27. The molecule has 1 amide bonds. The molecule has 0 unspecified atom stereocenters. The van der Waals surface area contributed by atoms with Crippen LogP contribution in [0.3, 0.4) is 0 Å². The largest absolute Gasteiger partial charge is 0.508 e. The van der Waals surface area contributed by atoms with E-state index in [-0.39, 0.29) is 18.2 Å². The van der Waals surface area contributed by atoms with Gasteiger partial charge in [0.25, 0.3) is 5.91 Å². The number of dihydropyridines is 1. The number of nitrogens with zero attached hydrogens (tertiary/aromatic N) is 4. The molecule has 0 fully saturated rings. The van der Waals surface area contributed by atoms with Crippen molar-refractivity contribution in [2.24, 2.45) is 10.1 Å². The molecule has 5 rings (SSSR count). The number of allylic oxidation sites excluding steroid dienone is 1. The van der Waals surface area contributed by atoms with Crippen LogP contribution in [0, 0.1) is 0 Å². The van der Waals surface area contributed by atoms with Gasteiger partial charge in [-0.25, -0.2) is 5.01 Å². The van der Waals surface area contributed by atoms with E-state index in [0.717, 1.165) is 34.4 Å². The number of pyridine rings is 1. The third-order valence-corrected chi connectivity index (χ3v) is 6.14. The molecule has 0 saturated carbocycles. The van der Waals surface area contributed by atoms with Gasteiger partial charge in [-0.2, -0.15) is 18.3 Å². The van der Waals surface area contributed by atoms with Gasteiger partial charge in [-0.15, -0.1) is 0 Å².